The predicted octanol–water partition coefficient (Wildman–Crippen LogP) is 20.7. The van der Waals surface area contributed by atoms with E-state index in [0.29, 0.717) is 0 Å². The number of fused-ring (bicyclic) bond motifs is 13. The Kier molecular flexibility index (Phi) is 10.9. The second-order valence-electron chi connectivity index (χ2n) is 20.0. The summed E-state index contributed by atoms with van der Waals surface area (Å²) in [7, 11) is 0. The van der Waals surface area contributed by atoms with Crippen LogP contribution in [0.1, 0.15) is 33.4 Å². The summed E-state index contributed by atoms with van der Waals surface area (Å²) < 4.78 is 7.02. The molecule has 1 heterocycles. The lowest BCUT2D eigenvalue weighted by Crippen LogP contribution is -1.92. The Morgan fingerprint density at radius 2 is 0.800 bits per heavy atom. The highest BCUT2D eigenvalue weighted by Gasteiger charge is 2.24. The number of aryl methyl sites for hydroxylation is 1. The third-order valence-electron chi connectivity index (χ3n) is 15.3. The van der Waals surface area contributed by atoms with Crippen molar-refractivity contribution in [3.63, 3.8) is 0 Å². The van der Waals surface area contributed by atoms with Gasteiger partial charge in [0.2, 0.25) is 0 Å². The highest BCUT2D eigenvalue weighted by Crippen LogP contribution is 2.51. The van der Waals surface area contributed by atoms with Crippen LogP contribution in [-0.4, -0.2) is 0 Å². The molecule has 0 aliphatic carbocycles. The molecule has 0 N–H and O–H groups in total. The van der Waals surface area contributed by atoms with Crippen molar-refractivity contribution in [3.05, 3.63) is 288 Å². The third kappa shape index (κ3) is 7.89. The first-order valence-electron chi connectivity index (χ1n) is 26.0. The molecule has 1 nitrogen and oxygen atoms in total. The van der Waals surface area contributed by atoms with Gasteiger partial charge >= 0.3 is 0 Å². The topological polar surface area (TPSA) is 13.1 Å². The van der Waals surface area contributed by atoms with E-state index < -0.39 is 0 Å². The number of rotatable bonds is 8. The second kappa shape index (κ2) is 18.5. The summed E-state index contributed by atoms with van der Waals surface area (Å²) in [6, 6.07) is 92.0. The SMILES string of the molecule is C(=C/c1ccccc1)/c1ccccc1.Cc1ccc(-c2ccc3c(c2)c2ccc2c2c4cccc5c6c7ccc(-c8ccc(/C=C(/Cc9ccccc9)c9ccccc9)cc8)cc7oc6c6cccc(c32)c6c54)cc1. The Morgan fingerprint density at radius 1 is 0.333 bits per heavy atom. The average molecular weight is 955 g/mol. The molecular formula is C74H50O. The van der Waals surface area contributed by atoms with Crippen LogP contribution >= 0.6 is 0 Å². The summed E-state index contributed by atoms with van der Waals surface area (Å²) in [5.41, 5.74) is 15.4. The maximum atomic E-state index is 7.02. The van der Waals surface area contributed by atoms with Crippen molar-refractivity contribution in [2.45, 2.75) is 13.3 Å². The molecule has 15 rings (SSSR count). The molecule has 352 valence electrons. The average Bonchev–Trinajstić information content (AvgIpc) is 4.00. The van der Waals surface area contributed by atoms with Crippen molar-refractivity contribution in [2.24, 2.45) is 0 Å². The number of furan rings is 1. The minimum Gasteiger partial charge on any atom is -0.455 e. The minimum atomic E-state index is 0.874. The van der Waals surface area contributed by atoms with E-state index in [4.69, 9.17) is 4.42 Å². The van der Waals surface area contributed by atoms with Gasteiger partial charge in [0.15, 0.2) is 0 Å². The minimum absolute atomic E-state index is 0.874. The number of benzene rings is 13. The Balaban J connectivity index is 0.000000320. The highest BCUT2D eigenvalue weighted by molar-refractivity contribution is 6.47. The van der Waals surface area contributed by atoms with Crippen LogP contribution < -0.4 is 0 Å². The van der Waals surface area contributed by atoms with Gasteiger partial charge in [-0.2, -0.15) is 0 Å². The molecule has 1 heteroatoms. The molecule has 0 saturated carbocycles. The molecule has 75 heavy (non-hydrogen) atoms. The lowest BCUT2D eigenvalue weighted by Gasteiger charge is -2.20. The number of hydrogen-bond acceptors (Lipinski definition) is 1. The molecule has 0 atom stereocenters. The van der Waals surface area contributed by atoms with Crippen LogP contribution in [0.2, 0.25) is 0 Å². The van der Waals surface area contributed by atoms with Crippen molar-refractivity contribution in [2.75, 3.05) is 0 Å². The van der Waals surface area contributed by atoms with Crippen LogP contribution in [0.15, 0.2) is 259 Å². The van der Waals surface area contributed by atoms with Crippen LogP contribution in [-0.2, 0) is 6.42 Å². The van der Waals surface area contributed by atoms with Gasteiger partial charge in [-0.3, -0.25) is 0 Å². The van der Waals surface area contributed by atoms with Crippen molar-refractivity contribution < 1.29 is 4.42 Å². The van der Waals surface area contributed by atoms with Gasteiger partial charge in [-0.25, -0.2) is 0 Å². The van der Waals surface area contributed by atoms with Crippen molar-refractivity contribution in [3.8, 4) is 22.3 Å². The molecule has 0 bridgehead atoms. The number of allylic oxidation sites excluding steroid dienone is 1. The predicted molar refractivity (Wildman–Crippen MR) is 323 cm³/mol. The van der Waals surface area contributed by atoms with Gasteiger partial charge in [-0.1, -0.05) is 260 Å². The molecule has 0 unspecified atom stereocenters. The van der Waals surface area contributed by atoms with E-state index in [0.717, 1.165) is 28.5 Å². The molecule has 0 amide bonds. The molecule has 0 saturated heterocycles. The van der Waals surface area contributed by atoms with Crippen LogP contribution in [0, 0.1) is 6.92 Å². The second-order valence-corrected chi connectivity index (χ2v) is 20.0. The molecule has 0 aliphatic rings. The zero-order valence-corrected chi connectivity index (χ0v) is 41.6. The molecule has 0 radical (unpaired) electrons. The van der Waals surface area contributed by atoms with Gasteiger partial charge in [-0.15, -0.1) is 0 Å². The Hall–Kier alpha value is -9.56. The fraction of sp³-hybridized carbons (Fsp3) is 0.0270. The highest BCUT2D eigenvalue weighted by atomic mass is 16.3. The van der Waals surface area contributed by atoms with Crippen LogP contribution in [0.4, 0.5) is 0 Å². The van der Waals surface area contributed by atoms with E-state index in [-0.39, 0.29) is 0 Å². The Morgan fingerprint density at radius 3 is 1.41 bits per heavy atom. The summed E-state index contributed by atoms with van der Waals surface area (Å²) in [4.78, 5) is 0. The van der Waals surface area contributed by atoms with Gasteiger partial charge in [0, 0.05) is 21.5 Å². The lowest BCUT2D eigenvalue weighted by atomic mass is 9.82. The summed E-state index contributed by atoms with van der Waals surface area (Å²) in [6.07, 6.45) is 7.44. The Bertz CT molecular complexity index is 4560. The van der Waals surface area contributed by atoms with Gasteiger partial charge in [0.25, 0.3) is 0 Å². The summed E-state index contributed by atoms with van der Waals surface area (Å²) in [6.45, 7) is 2.15. The zero-order valence-electron chi connectivity index (χ0n) is 41.6. The van der Waals surface area contributed by atoms with Gasteiger partial charge in [0.05, 0.1) is 0 Å². The molecule has 1 aromatic heterocycles. The van der Waals surface area contributed by atoms with Crippen molar-refractivity contribution >= 4 is 110 Å². The lowest BCUT2D eigenvalue weighted by molar-refractivity contribution is 0.673. The molecule has 14 aromatic carbocycles. The first kappa shape index (κ1) is 44.2. The van der Waals surface area contributed by atoms with E-state index >= 15 is 0 Å². The van der Waals surface area contributed by atoms with Crippen molar-refractivity contribution in [1.29, 1.82) is 0 Å². The summed E-state index contributed by atoms with van der Waals surface area (Å²) >= 11 is 0. The smallest absolute Gasteiger partial charge is 0.143 e. The van der Waals surface area contributed by atoms with E-state index in [2.05, 4.69) is 244 Å². The normalized spacial score (nSPS) is 12.1. The van der Waals surface area contributed by atoms with E-state index in [1.807, 2.05) is 36.4 Å². The maximum Gasteiger partial charge on any atom is 0.143 e. The van der Waals surface area contributed by atoms with E-state index in [9.17, 15) is 0 Å². The van der Waals surface area contributed by atoms with Crippen LogP contribution in [0.3, 0.4) is 0 Å². The Labute approximate surface area is 436 Å². The zero-order chi connectivity index (χ0) is 49.8. The van der Waals surface area contributed by atoms with Crippen molar-refractivity contribution in [1.82, 2.24) is 0 Å². The molecular weight excluding hydrogens is 905 g/mol. The van der Waals surface area contributed by atoms with Gasteiger partial charge in [-0.05, 0) is 141 Å². The molecule has 0 spiro atoms. The van der Waals surface area contributed by atoms with E-state index in [1.165, 1.54) is 126 Å². The van der Waals surface area contributed by atoms with Gasteiger partial charge < -0.3 is 4.42 Å². The van der Waals surface area contributed by atoms with E-state index in [1.54, 1.807) is 0 Å². The molecule has 15 aromatic rings. The first-order chi connectivity index (χ1) is 37.1. The third-order valence-corrected chi connectivity index (χ3v) is 15.3. The first-order valence-corrected chi connectivity index (χ1v) is 26.0. The van der Waals surface area contributed by atoms with Crippen LogP contribution in [0.5, 0.6) is 0 Å². The quantitative estimate of drug-likeness (QED) is 0.0840. The monoisotopic (exact) mass is 954 g/mol. The molecule has 0 aliphatic heterocycles. The fourth-order valence-electron chi connectivity index (χ4n) is 11.6. The standard InChI is InChI=1S/C60H38O.C14H12/c1-36-18-22-40(23-19-36)42-26-28-47-53(34-42)45-30-31-46(45)55-49-14-8-16-51-57(49)58-50(56(47)55)15-9-17-52(58)60-59(51)48-29-27-43(35-54(48)61-60)41-24-20-38(21-25-41)33-44(39-12-6-3-7-13-39)32-37-10-4-2-5-11-37;1-3-7-13(8-4-1)11-12-14-9-5-2-6-10-14/h2-31,33-35H,32H2,1H3;1-12H/b44-33-;12-11-. The number of hydrogen-bond donors (Lipinski definition) is 0. The van der Waals surface area contributed by atoms with Crippen LogP contribution in [0.25, 0.3) is 133 Å². The van der Waals surface area contributed by atoms with Gasteiger partial charge in [0.1, 0.15) is 11.2 Å². The summed E-state index contributed by atoms with van der Waals surface area (Å²) in [5, 5.41) is 17.9. The maximum absolute atomic E-state index is 7.02. The molecule has 0 fully saturated rings. The largest absolute Gasteiger partial charge is 0.455 e. The fourth-order valence-corrected chi connectivity index (χ4v) is 11.6. The summed E-state index contributed by atoms with van der Waals surface area (Å²) in [5.74, 6) is 0.